The van der Waals surface area contributed by atoms with Gasteiger partial charge in [-0.3, -0.25) is 9.59 Å². The molecule has 21 heavy (non-hydrogen) atoms. The molecule has 4 nitrogen and oxygen atoms in total. The van der Waals surface area contributed by atoms with Gasteiger partial charge in [0, 0.05) is 5.56 Å². The third-order valence-corrected chi connectivity index (χ3v) is 2.82. The summed E-state index contributed by atoms with van der Waals surface area (Å²) in [6, 6.07) is 10.4. The Labute approximate surface area is 120 Å². The Hall–Kier alpha value is -2.69. The van der Waals surface area contributed by atoms with Crippen LogP contribution in [-0.2, 0) is 11.2 Å². The van der Waals surface area contributed by atoms with Crippen molar-refractivity contribution in [3.8, 4) is 11.5 Å². The maximum Gasteiger partial charge on any atom is 0.307 e. The predicted molar refractivity (Wildman–Crippen MR) is 74.3 cm³/mol. The number of hydrogen-bond donors (Lipinski definition) is 1. The Bertz CT molecular complexity index is 694. The van der Waals surface area contributed by atoms with Crippen molar-refractivity contribution in [3.05, 3.63) is 59.4 Å². The molecule has 0 saturated carbocycles. The molecule has 2 aromatic rings. The lowest BCUT2D eigenvalue weighted by atomic mass is 10.1. The topological polar surface area (TPSA) is 63.6 Å². The second kappa shape index (κ2) is 6.17. The van der Waals surface area contributed by atoms with Gasteiger partial charge >= 0.3 is 5.97 Å². The summed E-state index contributed by atoms with van der Waals surface area (Å²) in [5, 5.41) is 8.74. The van der Waals surface area contributed by atoms with Crippen LogP contribution in [0.2, 0.25) is 0 Å². The van der Waals surface area contributed by atoms with E-state index in [1.54, 1.807) is 18.2 Å². The fourth-order valence-corrected chi connectivity index (χ4v) is 1.82. The number of halogens is 1. The fraction of sp³-hybridized carbons (Fsp3) is 0.125. The summed E-state index contributed by atoms with van der Waals surface area (Å²) in [7, 11) is 0. The second-order valence-corrected chi connectivity index (χ2v) is 4.52. The van der Waals surface area contributed by atoms with Gasteiger partial charge in [-0.1, -0.05) is 12.1 Å². The van der Waals surface area contributed by atoms with Gasteiger partial charge in [0.1, 0.15) is 5.75 Å². The molecule has 0 spiro atoms. The van der Waals surface area contributed by atoms with Crippen molar-refractivity contribution < 1.29 is 23.8 Å². The number of carbonyl (C=O) groups excluding carboxylic acids is 1. The molecule has 108 valence electrons. The molecule has 0 bridgehead atoms. The largest absolute Gasteiger partial charge is 0.481 e. The van der Waals surface area contributed by atoms with Crippen molar-refractivity contribution in [1.29, 1.82) is 0 Å². The minimum atomic E-state index is -0.954. The van der Waals surface area contributed by atoms with E-state index < -0.39 is 11.8 Å². The van der Waals surface area contributed by atoms with E-state index in [1.165, 1.54) is 25.1 Å². The van der Waals surface area contributed by atoms with Gasteiger partial charge in [-0.15, -0.1) is 0 Å². The second-order valence-electron chi connectivity index (χ2n) is 4.52. The van der Waals surface area contributed by atoms with Gasteiger partial charge in [0.25, 0.3) is 0 Å². The Morgan fingerprint density at radius 1 is 1.19 bits per heavy atom. The number of rotatable bonds is 5. The molecule has 0 atom stereocenters. The summed E-state index contributed by atoms with van der Waals surface area (Å²) in [4.78, 5) is 21.8. The van der Waals surface area contributed by atoms with Crippen LogP contribution in [-0.4, -0.2) is 16.9 Å². The quantitative estimate of drug-likeness (QED) is 0.856. The first-order chi connectivity index (χ1) is 9.95. The van der Waals surface area contributed by atoms with Crippen LogP contribution in [0.4, 0.5) is 4.39 Å². The number of Topliss-reactive ketones (excluding diaryl/α,β-unsaturated/α-hetero) is 1. The first-order valence-corrected chi connectivity index (χ1v) is 6.25. The van der Waals surface area contributed by atoms with E-state index in [1.807, 2.05) is 0 Å². The zero-order valence-electron chi connectivity index (χ0n) is 11.3. The van der Waals surface area contributed by atoms with E-state index in [9.17, 15) is 14.0 Å². The maximum atomic E-state index is 13.8. The Morgan fingerprint density at radius 2 is 1.95 bits per heavy atom. The zero-order valence-corrected chi connectivity index (χ0v) is 11.3. The lowest BCUT2D eigenvalue weighted by Crippen LogP contribution is -2.00. The SMILES string of the molecule is CC(=O)c1ccc(Oc2cccc(CC(=O)O)c2)c(F)c1. The average Bonchev–Trinajstić information content (AvgIpc) is 2.40. The molecule has 0 amide bonds. The van der Waals surface area contributed by atoms with Gasteiger partial charge < -0.3 is 9.84 Å². The number of benzene rings is 2. The number of carboxylic acid groups (broad SMARTS) is 1. The van der Waals surface area contributed by atoms with E-state index in [-0.39, 0.29) is 23.5 Å². The Balaban J connectivity index is 2.22. The molecule has 2 aromatic carbocycles. The van der Waals surface area contributed by atoms with E-state index in [4.69, 9.17) is 9.84 Å². The standard InChI is InChI=1S/C16H13FO4/c1-10(18)12-5-6-15(14(17)9-12)21-13-4-2-3-11(7-13)8-16(19)20/h2-7,9H,8H2,1H3,(H,19,20). The smallest absolute Gasteiger partial charge is 0.307 e. The highest BCUT2D eigenvalue weighted by Crippen LogP contribution is 2.26. The number of aliphatic carboxylic acids is 1. The van der Waals surface area contributed by atoms with Crippen molar-refractivity contribution in [1.82, 2.24) is 0 Å². The number of hydrogen-bond acceptors (Lipinski definition) is 3. The van der Waals surface area contributed by atoms with Crippen LogP contribution in [0.3, 0.4) is 0 Å². The molecule has 0 unspecified atom stereocenters. The minimum absolute atomic E-state index is 0.0209. The molecule has 2 rings (SSSR count). The molecule has 0 saturated heterocycles. The third-order valence-electron chi connectivity index (χ3n) is 2.82. The summed E-state index contributed by atoms with van der Waals surface area (Å²) in [6.07, 6.45) is -0.136. The van der Waals surface area contributed by atoms with Crippen molar-refractivity contribution >= 4 is 11.8 Å². The summed E-state index contributed by atoms with van der Waals surface area (Å²) >= 11 is 0. The molecule has 0 fully saturated rings. The highest BCUT2D eigenvalue weighted by atomic mass is 19.1. The Kier molecular flexibility index (Phi) is 4.33. The number of ether oxygens (including phenoxy) is 1. The lowest BCUT2D eigenvalue weighted by molar-refractivity contribution is -0.136. The molecular formula is C16H13FO4. The molecule has 1 N–H and O–H groups in total. The van der Waals surface area contributed by atoms with Gasteiger partial charge in [0.15, 0.2) is 17.3 Å². The Morgan fingerprint density at radius 3 is 2.57 bits per heavy atom. The number of carbonyl (C=O) groups is 2. The third kappa shape index (κ3) is 3.89. The van der Waals surface area contributed by atoms with Crippen LogP contribution < -0.4 is 4.74 Å². The summed E-state index contributed by atoms with van der Waals surface area (Å²) < 4.78 is 19.2. The van der Waals surface area contributed by atoms with Crippen LogP contribution in [0.25, 0.3) is 0 Å². The highest BCUT2D eigenvalue weighted by Gasteiger charge is 2.09. The molecular weight excluding hydrogens is 275 g/mol. The molecule has 0 aliphatic heterocycles. The van der Waals surface area contributed by atoms with Crippen LogP contribution in [0.15, 0.2) is 42.5 Å². The van der Waals surface area contributed by atoms with Crippen molar-refractivity contribution in [3.63, 3.8) is 0 Å². The van der Waals surface area contributed by atoms with Crippen molar-refractivity contribution in [2.75, 3.05) is 0 Å². The van der Waals surface area contributed by atoms with Crippen molar-refractivity contribution in [2.24, 2.45) is 0 Å². The van der Waals surface area contributed by atoms with Crippen LogP contribution in [0, 0.1) is 5.82 Å². The number of ketones is 1. The zero-order chi connectivity index (χ0) is 15.4. The van der Waals surface area contributed by atoms with Gasteiger partial charge in [-0.25, -0.2) is 4.39 Å². The lowest BCUT2D eigenvalue weighted by Gasteiger charge is -2.08. The molecule has 0 heterocycles. The first kappa shape index (κ1) is 14.7. The summed E-state index contributed by atoms with van der Waals surface area (Å²) in [5.41, 5.74) is 0.820. The van der Waals surface area contributed by atoms with Crippen LogP contribution in [0.1, 0.15) is 22.8 Å². The van der Waals surface area contributed by atoms with Crippen molar-refractivity contribution in [2.45, 2.75) is 13.3 Å². The molecule has 0 aliphatic rings. The van der Waals surface area contributed by atoms with Gasteiger partial charge in [-0.05, 0) is 42.8 Å². The fourth-order valence-electron chi connectivity index (χ4n) is 1.82. The molecule has 5 heteroatoms. The average molecular weight is 288 g/mol. The van der Waals surface area contributed by atoms with E-state index in [2.05, 4.69) is 0 Å². The van der Waals surface area contributed by atoms with Gasteiger partial charge in [-0.2, -0.15) is 0 Å². The number of carboxylic acids is 1. The van der Waals surface area contributed by atoms with E-state index >= 15 is 0 Å². The van der Waals surface area contributed by atoms with Gasteiger partial charge in [0.05, 0.1) is 6.42 Å². The first-order valence-electron chi connectivity index (χ1n) is 6.25. The highest BCUT2D eigenvalue weighted by molar-refractivity contribution is 5.94. The molecule has 0 aromatic heterocycles. The normalized spacial score (nSPS) is 10.2. The predicted octanol–water partition coefficient (Wildman–Crippen LogP) is 3.45. The summed E-state index contributed by atoms with van der Waals surface area (Å²) in [5.74, 6) is -1.52. The van der Waals surface area contributed by atoms with Crippen LogP contribution >= 0.6 is 0 Å². The van der Waals surface area contributed by atoms with E-state index in [0.29, 0.717) is 11.3 Å². The maximum absolute atomic E-state index is 13.8. The van der Waals surface area contributed by atoms with Crippen LogP contribution in [0.5, 0.6) is 11.5 Å². The molecule has 0 aliphatic carbocycles. The monoisotopic (exact) mass is 288 g/mol. The summed E-state index contributed by atoms with van der Waals surface area (Å²) in [6.45, 7) is 1.35. The van der Waals surface area contributed by atoms with E-state index in [0.717, 1.165) is 6.07 Å². The molecule has 0 radical (unpaired) electrons. The van der Waals surface area contributed by atoms with Gasteiger partial charge in [0.2, 0.25) is 0 Å². The minimum Gasteiger partial charge on any atom is -0.481 e.